The Hall–Kier alpha value is 0.0500. The van der Waals surface area contributed by atoms with Gasteiger partial charge in [0.1, 0.15) is 0 Å². The minimum absolute atomic E-state index is 0.811. The lowest BCUT2D eigenvalue weighted by atomic mass is 10.3. The molecule has 0 bridgehead atoms. The molecule has 2 heteroatoms. The Morgan fingerprint density at radius 1 is 1.60 bits per heavy atom. The van der Waals surface area contributed by atoms with Crippen LogP contribution in [0.3, 0.4) is 0 Å². The standard InChI is InChI=1S/C8H17NS/c1-3-8(2)7-10-6-4-5-9/h2-7,9H2,1H3. The molecule has 2 N–H and O–H groups in total. The summed E-state index contributed by atoms with van der Waals surface area (Å²) >= 11 is 1.93. The van der Waals surface area contributed by atoms with Crippen molar-refractivity contribution in [1.29, 1.82) is 0 Å². The van der Waals surface area contributed by atoms with Crippen molar-refractivity contribution in [3.8, 4) is 0 Å². The summed E-state index contributed by atoms with van der Waals surface area (Å²) in [5.74, 6) is 2.28. The van der Waals surface area contributed by atoms with Crippen molar-refractivity contribution in [2.75, 3.05) is 18.1 Å². The van der Waals surface area contributed by atoms with E-state index in [0.717, 1.165) is 25.1 Å². The highest BCUT2D eigenvalue weighted by Gasteiger charge is 1.90. The third-order valence-corrected chi connectivity index (χ3v) is 2.49. The average molecular weight is 159 g/mol. The van der Waals surface area contributed by atoms with Crippen molar-refractivity contribution < 1.29 is 0 Å². The predicted octanol–water partition coefficient (Wildman–Crippen LogP) is 2.03. The molecule has 60 valence electrons. The van der Waals surface area contributed by atoms with Gasteiger partial charge in [0.25, 0.3) is 0 Å². The molecule has 0 amide bonds. The maximum atomic E-state index is 5.34. The predicted molar refractivity (Wildman–Crippen MR) is 50.4 cm³/mol. The number of hydrogen-bond donors (Lipinski definition) is 1. The Bertz CT molecular complexity index is 91.3. The molecule has 0 aliphatic carbocycles. The first kappa shape index (κ1) is 10.0. The fourth-order valence-electron chi connectivity index (χ4n) is 0.504. The molecule has 0 saturated carbocycles. The van der Waals surface area contributed by atoms with Gasteiger partial charge in [0, 0.05) is 5.75 Å². The van der Waals surface area contributed by atoms with Gasteiger partial charge in [-0.25, -0.2) is 0 Å². The van der Waals surface area contributed by atoms with E-state index in [4.69, 9.17) is 5.73 Å². The molecule has 0 atom stereocenters. The lowest BCUT2D eigenvalue weighted by Crippen LogP contribution is -1.99. The molecular formula is C8H17NS. The molecule has 0 aromatic heterocycles. The maximum absolute atomic E-state index is 5.34. The van der Waals surface area contributed by atoms with Crippen LogP contribution in [0.25, 0.3) is 0 Å². The number of nitrogens with two attached hydrogens (primary N) is 1. The van der Waals surface area contributed by atoms with E-state index < -0.39 is 0 Å². The van der Waals surface area contributed by atoms with E-state index in [9.17, 15) is 0 Å². The average Bonchev–Trinajstić information content (AvgIpc) is 1.98. The molecule has 10 heavy (non-hydrogen) atoms. The molecule has 0 aromatic carbocycles. The topological polar surface area (TPSA) is 26.0 Å². The van der Waals surface area contributed by atoms with Crippen molar-refractivity contribution in [3.63, 3.8) is 0 Å². The highest BCUT2D eigenvalue weighted by molar-refractivity contribution is 7.99. The van der Waals surface area contributed by atoms with E-state index in [0.29, 0.717) is 0 Å². The van der Waals surface area contributed by atoms with Gasteiger partial charge < -0.3 is 5.73 Å². The molecule has 0 radical (unpaired) electrons. The molecule has 0 heterocycles. The first-order valence-electron chi connectivity index (χ1n) is 3.75. The normalized spacial score (nSPS) is 9.80. The smallest absolute Gasteiger partial charge is 0.0140 e. The van der Waals surface area contributed by atoms with Gasteiger partial charge in [0.15, 0.2) is 0 Å². The summed E-state index contributed by atoms with van der Waals surface area (Å²) < 4.78 is 0. The molecular weight excluding hydrogens is 142 g/mol. The van der Waals surface area contributed by atoms with Crippen LogP contribution in [0.2, 0.25) is 0 Å². The minimum atomic E-state index is 0.811. The fraction of sp³-hybridized carbons (Fsp3) is 0.750. The van der Waals surface area contributed by atoms with Crippen LogP contribution in [0.1, 0.15) is 19.8 Å². The van der Waals surface area contributed by atoms with Gasteiger partial charge >= 0.3 is 0 Å². The minimum Gasteiger partial charge on any atom is -0.330 e. The molecule has 0 rings (SSSR count). The van der Waals surface area contributed by atoms with Gasteiger partial charge in [0.2, 0.25) is 0 Å². The van der Waals surface area contributed by atoms with Gasteiger partial charge in [-0.05, 0) is 25.1 Å². The fourth-order valence-corrected chi connectivity index (χ4v) is 1.51. The van der Waals surface area contributed by atoms with Crippen molar-refractivity contribution in [1.82, 2.24) is 0 Å². The second-order valence-corrected chi connectivity index (χ2v) is 3.40. The number of hydrogen-bond acceptors (Lipinski definition) is 2. The van der Waals surface area contributed by atoms with Crippen molar-refractivity contribution in [2.24, 2.45) is 5.73 Å². The molecule has 0 fully saturated rings. The molecule has 0 spiro atoms. The summed E-state index contributed by atoms with van der Waals surface area (Å²) in [6, 6.07) is 0. The Morgan fingerprint density at radius 3 is 2.80 bits per heavy atom. The van der Waals surface area contributed by atoms with Gasteiger partial charge in [-0.15, -0.1) is 0 Å². The Morgan fingerprint density at radius 2 is 2.30 bits per heavy atom. The summed E-state index contributed by atoms with van der Waals surface area (Å²) in [6.07, 6.45) is 2.23. The zero-order valence-corrected chi connectivity index (χ0v) is 7.54. The number of thioether (sulfide) groups is 1. The Labute approximate surface area is 68.1 Å². The highest BCUT2D eigenvalue weighted by Crippen LogP contribution is 2.09. The van der Waals surface area contributed by atoms with Crippen LogP contribution in [0.5, 0.6) is 0 Å². The van der Waals surface area contributed by atoms with Crippen LogP contribution in [0, 0.1) is 0 Å². The van der Waals surface area contributed by atoms with E-state index in [2.05, 4.69) is 13.5 Å². The lowest BCUT2D eigenvalue weighted by molar-refractivity contribution is 0.943. The second-order valence-electron chi connectivity index (χ2n) is 2.30. The molecule has 0 aliphatic heterocycles. The van der Waals surface area contributed by atoms with Crippen LogP contribution in [0.15, 0.2) is 12.2 Å². The van der Waals surface area contributed by atoms with E-state index in [-0.39, 0.29) is 0 Å². The lowest BCUT2D eigenvalue weighted by Gasteiger charge is -2.00. The summed E-state index contributed by atoms with van der Waals surface area (Å²) in [4.78, 5) is 0. The summed E-state index contributed by atoms with van der Waals surface area (Å²) in [7, 11) is 0. The summed E-state index contributed by atoms with van der Waals surface area (Å²) in [5.41, 5.74) is 6.68. The third kappa shape index (κ3) is 6.17. The third-order valence-electron chi connectivity index (χ3n) is 1.30. The van der Waals surface area contributed by atoms with Crippen LogP contribution in [-0.4, -0.2) is 18.1 Å². The molecule has 0 aliphatic rings. The van der Waals surface area contributed by atoms with Crippen molar-refractivity contribution in [2.45, 2.75) is 19.8 Å². The maximum Gasteiger partial charge on any atom is 0.0140 e. The van der Waals surface area contributed by atoms with Gasteiger partial charge in [-0.3, -0.25) is 0 Å². The highest BCUT2D eigenvalue weighted by atomic mass is 32.2. The molecule has 0 aromatic rings. The van der Waals surface area contributed by atoms with E-state index in [1.807, 2.05) is 11.8 Å². The van der Waals surface area contributed by atoms with E-state index >= 15 is 0 Å². The largest absolute Gasteiger partial charge is 0.330 e. The molecule has 1 nitrogen and oxygen atoms in total. The first-order chi connectivity index (χ1) is 4.81. The zero-order valence-electron chi connectivity index (χ0n) is 6.73. The van der Waals surface area contributed by atoms with Gasteiger partial charge in [-0.2, -0.15) is 11.8 Å². The Kier molecular flexibility index (Phi) is 7.20. The first-order valence-corrected chi connectivity index (χ1v) is 4.91. The van der Waals surface area contributed by atoms with Crippen LogP contribution in [-0.2, 0) is 0 Å². The van der Waals surface area contributed by atoms with Gasteiger partial charge in [-0.1, -0.05) is 19.1 Å². The monoisotopic (exact) mass is 159 g/mol. The van der Waals surface area contributed by atoms with Crippen LogP contribution >= 0.6 is 11.8 Å². The van der Waals surface area contributed by atoms with E-state index in [1.165, 1.54) is 11.3 Å². The van der Waals surface area contributed by atoms with Crippen molar-refractivity contribution >= 4 is 11.8 Å². The SMILES string of the molecule is C=C(CC)CSCCCN. The van der Waals surface area contributed by atoms with E-state index in [1.54, 1.807) is 0 Å². The summed E-state index contributed by atoms with van der Waals surface area (Å²) in [5, 5.41) is 0. The summed E-state index contributed by atoms with van der Waals surface area (Å²) in [6.45, 7) is 6.87. The van der Waals surface area contributed by atoms with Crippen molar-refractivity contribution in [3.05, 3.63) is 12.2 Å². The quantitative estimate of drug-likeness (QED) is 0.474. The Balaban J connectivity index is 2.96. The van der Waals surface area contributed by atoms with Crippen LogP contribution in [0.4, 0.5) is 0 Å². The van der Waals surface area contributed by atoms with Crippen LogP contribution < -0.4 is 5.73 Å². The molecule has 0 saturated heterocycles. The zero-order chi connectivity index (χ0) is 7.82. The van der Waals surface area contributed by atoms with Gasteiger partial charge in [0.05, 0.1) is 0 Å². The second kappa shape index (κ2) is 7.16. The molecule has 0 unspecified atom stereocenters. The number of rotatable bonds is 6.